The first-order valence-electron chi connectivity index (χ1n) is 5.49. The van der Waals surface area contributed by atoms with Gasteiger partial charge in [0.15, 0.2) is 0 Å². The Kier molecular flexibility index (Phi) is 2.84. The maximum absolute atomic E-state index is 9.17. The Labute approximate surface area is 96.0 Å². The molecule has 2 rings (SSSR count). The zero-order valence-corrected chi connectivity index (χ0v) is 9.96. The van der Waals surface area contributed by atoms with E-state index in [0.29, 0.717) is 0 Å². The Morgan fingerprint density at radius 3 is 2.44 bits per heavy atom. The van der Waals surface area contributed by atoms with Crippen LogP contribution >= 0.6 is 0 Å². The lowest BCUT2D eigenvalue weighted by Gasteiger charge is -2.04. The van der Waals surface area contributed by atoms with Crippen molar-refractivity contribution in [3.63, 3.8) is 0 Å². The minimum Gasteiger partial charge on any atom is -0.392 e. The number of H-pyrrole nitrogens is 1. The number of aliphatic hydroxyl groups excluding tert-OH is 1. The Balaban J connectivity index is 2.50. The number of rotatable bonds is 2. The van der Waals surface area contributed by atoms with Gasteiger partial charge in [0, 0.05) is 17.0 Å². The third-order valence-corrected chi connectivity index (χ3v) is 2.96. The number of aliphatic hydroxyl groups is 1. The normalized spacial score (nSPS) is 10.8. The summed E-state index contributed by atoms with van der Waals surface area (Å²) in [4.78, 5) is 3.31. The van der Waals surface area contributed by atoms with E-state index in [1.807, 2.05) is 13.0 Å². The van der Waals surface area contributed by atoms with Crippen molar-refractivity contribution in [3.05, 3.63) is 46.6 Å². The summed E-state index contributed by atoms with van der Waals surface area (Å²) in [6.45, 7) is 6.28. The predicted octanol–water partition coefficient (Wildman–Crippen LogP) is 3.10. The molecule has 0 unspecified atom stereocenters. The highest BCUT2D eigenvalue weighted by Gasteiger charge is 2.07. The van der Waals surface area contributed by atoms with E-state index in [0.717, 1.165) is 17.0 Å². The van der Waals surface area contributed by atoms with Crippen molar-refractivity contribution in [1.29, 1.82) is 0 Å². The van der Waals surface area contributed by atoms with E-state index in [1.54, 1.807) is 0 Å². The molecular formula is C14H17NO. The average Bonchev–Trinajstić information content (AvgIpc) is 2.59. The van der Waals surface area contributed by atoms with Gasteiger partial charge in [-0.2, -0.15) is 0 Å². The van der Waals surface area contributed by atoms with Crippen LogP contribution in [0.2, 0.25) is 0 Å². The molecule has 2 nitrogen and oxygen atoms in total. The summed E-state index contributed by atoms with van der Waals surface area (Å²) in [7, 11) is 0. The average molecular weight is 215 g/mol. The standard InChI is InChI=1S/C14H17NO/c1-9-4-5-13(10(2)6-9)14-7-12(8-16)11(3)15-14/h4-7,15-16H,8H2,1-3H3. The van der Waals surface area contributed by atoms with Crippen molar-refractivity contribution < 1.29 is 5.11 Å². The monoisotopic (exact) mass is 215 g/mol. The van der Waals surface area contributed by atoms with E-state index in [1.165, 1.54) is 16.7 Å². The van der Waals surface area contributed by atoms with Crippen molar-refractivity contribution in [2.24, 2.45) is 0 Å². The summed E-state index contributed by atoms with van der Waals surface area (Å²) in [6.07, 6.45) is 0. The first kappa shape index (κ1) is 11.0. The van der Waals surface area contributed by atoms with Gasteiger partial charge in [0.25, 0.3) is 0 Å². The Hall–Kier alpha value is -1.54. The lowest BCUT2D eigenvalue weighted by Crippen LogP contribution is -1.84. The summed E-state index contributed by atoms with van der Waals surface area (Å²) in [5.41, 5.74) is 6.82. The molecule has 1 heterocycles. The summed E-state index contributed by atoms with van der Waals surface area (Å²) < 4.78 is 0. The molecule has 0 aliphatic carbocycles. The summed E-state index contributed by atoms with van der Waals surface area (Å²) in [6, 6.07) is 8.42. The third-order valence-electron chi connectivity index (χ3n) is 2.96. The molecule has 1 aromatic carbocycles. The molecule has 0 bridgehead atoms. The van der Waals surface area contributed by atoms with Crippen LogP contribution in [0.1, 0.15) is 22.4 Å². The molecule has 1 aromatic heterocycles. The molecule has 2 heteroatoms. The predicted molar refractivity (Wildman–Crippen MR) is 66.4 cm³/mol. The van der Waals surface area contributed by atoms with Gasteiger partial charge in [-0.25, -0.2) is 0 Å². The second-order valence-corrected chi connectivity index (χ2v) is 4.31. The molecule has 0 saturated carbocycles. The fourth-order valence-electron chi connectivity index (χ4n) is 2.03. The molecular weight excluding hydrogens is 198 g/mol. The quantitative estimate of drug-likeness (QED) is 0.793. The molecule has 0 aliphatic heterocycles. The van der Waals surface area contributed by atoms with Crippen molar-refractivity contribution in [1.82, 2.24) is 4.98 Å². The van der Waals surface area contributed by atoms with Gasteiger partial charge < -0.3 is 10.1 Å². The number of aryl methyl sites for hydroxylation is 3. The summed E-state index contributed by atoms with van der Waals surface area (Å²) in [5, 5.41) is 9.17. The van der Waals surface area contributed by atoms with Crippen LogP contribution in [0.25, 0.3) is 11.3 Å². The molecule has 0 radical (unpaired) electrons. The molecule has 0 fully saturated rings. The number of hydrogen-bond acceptors (Lipinski definition) is 1. The van der Waals surface area contributed by atoms with Crippen LogP contribution in [0.3, 0.4) is 0 Å². The van der Waals surface area contributed by atoms with Crippen LogP contribution < -0.4 is 0 Å². The number of aromatic amines is 1. The lowest BCUT2D eigenvalue weighted by atomic mass is 10.0. The first-order chi connectivity index (χ1) is 7.61. The molecule has 2 aromatic rings. The Bertz CT molecular complexity index is 511. The Morgan fingerprint density at radius 2 is 1.88 bits per heavy atom. The maximum atomic E-state index is 9.17. The zero-order chi connectivity index (χ0) is 11.7. The largest absolute Gasteiger partial charge is 0.392 e. The van der Waals surface area contributed by atoms with Gasteiger partial charge in [0.2, 0.25) is 0 Å². The SMILES string of the molecule is Cc1ccc(-c2cc(CO)c(C)[nH]2)c(C)c1. The Morgan fingerprint density at radius 1 is 1.12 bits per heavy atom. The van der Waals surface area contributed by atoms with Gasteiger partial charge in [0.05, 0.1) is 6.61 Å². The van der Waals surface area contributed by atoms with Crippen molar-refractivity contribution >= 4 is 0 Å². The molecule has 2 N–H and O–H groups in total. The zero-order valence-electron chi connectivity index (χ0n) is 9.96. The minimum absolute atomic E-state index is 0.0905. The second-order valence-electron chi connectivity index (χ2n) is 4.31. The molecule has 84 valence electrons. The lowest BCUT2D eigenvalue weighted by molar-refractivity contribution is 0.281. The van der Waals surface area contributed by atoms with E-state index in [2.05, 4.69) is 37.0 Å². The molecule has 0 spiro atoms. The van der Waals surface area contributed by atoms with Crippen LogP contribution in [-0.2, 0) is 6.61 Å². The number of benzene rings is 1. The maximum Gasteiger partial charge on any atom is 0.0699 e. The van der Waals surface area contributed by atoms with Crippen molar-refractivity contribution in [2.75, 3.05) is 0 Å². The smallest absolute Gasteiger partial charge is 0.0699 e. The fourth-order valence-corrected chi connectivity index (χ4v) is 2.03. The van der Waals surface area contributed by atoms with Crippen LogP contribution in [0.15, 0.2) is 24.3 Å². The van der Waals surface area contributed by atoms with Gasteiger partial charge in [-0.1, -0.05) is 23.8 Å². The van der Waals surface area contributed by atoms with Gasteiger partial charge in [-0.3, -0.25) is 0 Å². The molecule has 0 saturated heterocycles. The first-order valence-corrected chi connectivity index (χ1v) is 5.49. The van der Waals surface area contributed by atoms with Gasteiger partial charge in [-0.15, -0.1) is 0 Å². The van der Waals surface area contributed by atoms with Crippen molar-refractivity contribution in [2.45, 2.75) is 27.4 Å². The van der Waals surface area contributed by atoms with E-state index in [-0.39, 0.29) is 6.61 Å². The van der Waals surface area contributed by atoms with Gasteiger partial charge in [-0.05, 0) is 38.0 Å². The molecule has 0 atom stereocenters. The van der Waals surface area contributed by atoms with E-state index >= 15 is 0 Å². The van der Waals surface area contributed by atoms with E-state index in [4.69, 9.17) is 0 Å². The topological polar surface area (TPSA) is 36.0 Å². The van der Waals surface area contributed by atoms with Gasteiger partial charge >= 0.3 is 0 Å². The summed E-state index contributed by atoms with van der Waals surface area (Å²) >= 11 is 0. The second kappa shape index (κ2) is 4.14. The van der Waals surface area contributed by atoms with Crippen molar-refractivity contribution in [3.8, 4) is 11.3 Å². The summed E-state index contributed by atoms with van der Waals surface area (Å²) in [5.74, 6) is 0. The van der Waals surface area contributed by atoms with Crippen LogP contribution in [0, 0.1) is 20.8 Å². The fraction of sp³-hybridized carbons (Fsp3) is 0.286. The number of hydrogen-bond donors (Lipinski definition) is 2. The highest BCUT2D eigenvalue weighted by Crippen LogP contribution is 2.25. The van der Waals surface area contributed by atoms with E-state index < -0.39 is 0 Å². The highest BCUT2D eigenvalue weighted by atomic mass is 16.3. The minimum atomic E-state index is 0.0905. The number of aromatic nitrogens is 1. The third kappa shape index (κ3) is 1.89. The molecule has 16 heavy (non-hydrogen) atoms. The highest BCUT2D eigenvalue weighted by molar-refractivity contribution is 5.65. The molecule has 0 aliphatic rings. The number of nitrogens with one attached hydrogen (secondary N) is 1. The van der Waals surface area contributed by atoms with Crippen LogP contribution in [0.5, 0.6) is 0 Å². The molecule has 0 amide bonds. The van der Waals surface area contributed by atoms with Crippen LogP contribution in [-0.4, -0.2) is 10.1 Å². The van der Waals surface area contributed by atoms with E-state index in [9.17, 15) is 5.11 Å². The van der Waals surface area contributed by atoms with Crippen LogP contribution in [0.4, 0.5) is 0 Å². The van der Waals surface area contributed by atoms with Gasteiger partial charge in [0.1, 0.15) is 0 Å².